The fraction of sp³-hybridized carbons (Fsp3) is 0.429. The molecule has 0 bridgehead atoms. The number of benzene rings is 2. The molecule has 1 saturated heterocycles. The van der Waals surface area contributed by atoms with E-state index in [-0.39, 0.29) is 12.1 Å². The van der Waals surface area contributed by atoms with Crippen molar-refractivity contribution in [1.29, 1.82) is 5.26 Å². The minimum atomic E-state index is -2.49. The average Bonchev–Trinajstić information content (AvgIpc) is 2.67. The molecule has 1 aliphatic heterocycles. The van der Waals surface area contributed by atoms with Crippen molar-refractivity contribution in [3.63, 3.8) is 0 Å². The molecular formula is C21H24N3O4S-. The van der Waals surface area contributed by atoms with E-state index in [4.69, 9.17) is 4.74 Å². The Balaban J connectivity index is 1.85. The highest BCUT2D eigenvalue weighted by atomic mass is 32.2. The predicted octanol–water partition coefficient (Wildman–Crippen LogP) is 3.71. The van der Waals surface area contributed by atoms with Crippen LogP contribution in [0, 0.1) is 11.3 Å². The summed E-state index contributed by atoms with van der Waals surface area (Å²) >= 11 is -2.49. The Hall–Kier alpha value is -2.63. The quantitative estimate of drug-likeness (QED) is 0.713. The number of nitriles is 1. The summed E-state index contributed by atoms with van der Waals surface area (Å²) in [5.41, 5.74) is 0.474. The summed E-state index contributed by atoms with van der Waals surface area (Å²) in [5.74, 6) is 0. The Morgan fingerprint density at radius 3 is 2.38 bits per heavy atom. The first-order valence-electron chi connectivity index (χ1n) is 9.49. The van der Waals surface area contributed by atoms with Gasteiger partial charge in [0, 0.05) is 41.2 Å². The second-order valence-corrected chi connectivity index (χ2v) is 8.86. The Morgan fingerprint density at radius 2 is 1.83 bits per heavy atom. The minimum absolute atomic E-state index is 0.275. The molecule has 8 heteroatoms. The highest BCUT2D eigenvalue weighted by molar-refractivity contribution is 7.80. The van der Waals surface area contributed by atoms with Crippen LogP contribution in [0.15, 0.2) is 36.4 Å². The SMILES string of the molecule is CC(C)(C)OC(=O)N1CCC(N(c2ccc(C#N)c3ccccc23)S(=O)[O-])CC1. The molecule has 2 aromatic carbocycles. The molecule has 0 saturated carbocycles. The van der Waals surface area contributed by atoms with Gasteiger partial charge in [-0.3, -0.25) is 8.51 Å². The van der Waals surface area contributed by atoms with Crippen LogP contribution in [-0.2, 0) is 16.0 Å². The molecule has 1 aliphatic rings. The normalized spacial score (nSPS) is 16.3. The number of likely N-dealkylation sites (tertiary alicyclic amines) is 1. The second-order valence-electron chi connectivity index (χ2n) is 8.03. The number of carbonyl (C=O) groups excluding carboxylic acids is 1. The average molecular weight is 415 g/mol. The van der Waals surface area contributed by atoms with Gasteiger partial charge in [0.15, 0.2) is 0 Å². The molecule has 154 valence electrons. The molecule has 0 spiro atoms. The van der Waals surface area contributed by atoms with Gasteiger partial charge in [-0.05, 0) is 45.7 Å². The van der Waals surface area contributed by atoms with Crippen LogP contribution in [0.5, 0.6) is 0 Å². The van der Waals surface area contributed by atoms with Crippen LogP contribution in [0.4, 0.5) is 10.5 Å². The van der Waals surface area contributed by atoms with Crippen LogP contribution in [0.3, 0.4) is 0 Å². The largest absolute Gasteiger partial charge is 0.755 e. The Labute approximate surface area is 173 Å². The van der Waals surface area contributed by atoms with Gasteiger partial charge < -0.3 is 14.2 Å². The number of amides is 1. The van der Waals surface area contributed by atoms with E-state index < -0.39 is 16.9 Å². The molecule has 1 unspecified atom stereocenters. The van der Waals surface area contributed by atoms with E-state index in [1.807, 2.05) is 45.0 Å². The number of carbonyl (C=O) groups is 1. The molecular weight excluding hydrogens is 390 g/mol. The first-order valence-corrected chi connectivity index (χ1v) is 10.5. The van der Waals surface area contributed by atoms with Gasteiger partial charge in [0.1, 0.15) is 5.60 Å². The van der Waals surface area contributed by atoms with Gasteiger partial charge in [0.2, 0.25) is 0 Å². The van der Waals surface area contributed by atoms with Crippen LogP contribution >= 0.6 is 0 Å². The lowest BCUT2D eigenvalue weighted by Crippen LogP contribution is -2.48. The van der Waals surface area contributed by atoms with Gasteiger partial charge in [-0.25, -0.2) is 4.79 Å². The lowest BCUT2D eigenvalue weighted by Gasteiger charge is -2.40. The molecule has 0 aromatic heterocycles. The highest BCUT2D eigenvalue weighted by Gasteiger charge is 2.31. The smallest absolute Gasteiger partial charge is 0.410 e. The maximum Gasteiger partial charge on any atom is 0.410 e. The number of hydrogen-bond acceptors (Lipinski definition) is 5. The van der Waals surface area contributed by atoms with Crippen molar-refractivity contribution in [3.8, 4) is 6.07 Å². The van der Waals surface area contributed by atoms with E-state index in [0.717, 1.165) is 0 Å². The fourth-order valence-corrected chi connectivity index (χ4v) is 4.36. The first-order chi connectivity index (χ1) is 13.7. The Kier molecular flexibility index (Phi) is 6.10. The third-order valence-electron chi connectivity index (χ3n) is 4.87. The van der Waals surface area contributed by atoms with Gasteiger partial charge in [0.05, 0.1) is 17.3 Å². The second kappa shape index (κ2) is 8.39. The molecule has 1 amide bonds. The van der Waals surface area contributed by atoms with Crippen LogP contribution < -0.4 is 4.31 Å². The monoisotopic (exact) mass is 414 g/mol. The number of nitrogens with zero attached hydrogens (tertiary/aromatic N) is 3. The molecule has 7 nitrogen and oxygen atoms in total. The number of hydrogen-bond donors (Lipinski definition) is 0. The van der Waals surface area contributed by atoms with Crippen molar-refractivity contribution in [1.82, 2.24) is 4.90 Å². The van der Waals surface area contributed by atoms with Crippen molar-refractivity contribution in [2.75, 3.05) is 17.4 Å². The van der Waals surface area contributed by atoms with E-state index in [1.165, 1.54) is 4.31 Å². The number of anilines is 1. The molecule has 0 radical (unpaired) electrons. The van der Waals surface area contributed by atoms with Crippen LogP contribution in [0.25, 0.3) is 10.8 Å². The maximum atomic E-state index is 12.3. The van der Waals surface area contributed by atoms with Gasteiger partial charge in [-0.1, -0.05) is 24.3 Å². The summed E-state index contributed by atoms with van der Waals surface area (Å²) in [7, 11) is 0. The van der Waals surface area contributed by atoms with Gasteiger partial charge >= 0.3 is 6.09 Å². The lowest BCUT2D eigenvalue weighted by atomic mass is 10.0. The minimum Gasteiger partial charge on any atom is -0.755 e. The van der Waals surface area contributed by atoms with Crippen LogP contribution in [0.2, 0.25) is 0 Å². The van der Waals surface area contributed by atoms with Gasteiger partial charge in [0.25, 0.3) is 0 Å². The summed E-state index contributed by atoms with van der Waals surface area (Å²) in [5, 5.41) is 10.8. The van der Waals surface area contributed by atoms with E-state index in [1.54, 1.807) is 17.0 Å². The molecule has 2 aromatic rings. The molecule has 1 heterocycles. The van der Waals surface area contributed by atoms with E-state index in [0.29, 0.717) is 48.0 Å². The van der Waals surface area contributed by atoms with Crippen molar-refractivity contribution >= 4 is 33.8 Å². The zero-order valence-corrected chi connectivity index (χ0v) is 17.6. The zero-order chi connectivity index (χ0) is 21.2. The zero-order valence-electron chi connectivity index (χ0n) is 16.8. The summed E-state index contributed by atoms with van der Waals surface area (Å²) in [6, 6.07) is 12.5. The van der Waals surface area contributed by atoms with Crippen molar-refractivity contribution in [3.05, 3.63) is 42.0 Å². The topological polar surface area (TPSA) is 96.7 Å². The third-order valence-corrected chi connectivity index (χ3v) is 5.68. The van der Waals surface area contributed by atoms with Crippen LogP contribution in [-0.4, -0.2) is 44.5 Å². The first kappa shape index (κ1) is 21.1. The van der Waals surface area contributed by atoms with E-state index in [9.17, 15) is 18.8 Å². The van der Waals surface area contributed by atoms with E-state index >= 15 is 0 Å². The molecule has 1 atom stereocenters. The van der Waals surface area contributed by atoms with Crippen LogP contribution in [0.1, 0.15) is 39.2 Å². The lowest BCUT2D eigenvalue weighted by molar-refractivity contribution is 0.0208. The Morgan fingerprint density at radius 1 is 1.21 bits per heavy atom. The number of fused-ring (bicyclic) bond motifs is 1. The van der Waals surface area contributed by atoms with E-state index in [2.05, 4.69) is 6.07 Å². The van der Waals surface area contributed by atoms with Crippen molar-refractivity contribution < 1.29 is 18.3 Å². The molecule has 0 aliphatic carbocycles. The third kappa shape index (κ3) is 4.69. The standard InChI is InChI=1S/C21H25N3O4S/c1-21(2,3)28-20(25)23-12-10-16(11-13-23)24(29(26)27)19-9-8-15(14-22)17-6-4-5-7-18(17)19/h4-9,16H,10-13H2,1-3H3,(H,26,27)/p-1. The number of ether oxygens (including phenoxy) is 1. The molecule has 1 fully saturated rings. The van der Waals surface area contributed by atoms with Crippen molar-refractivity contribution in [2.24, 2.45) is 0 Å². The molecule has 3 rings (SSSR count). The number of piperidine rings is 1. The fourth-order valence-electron chi connectivity index (χ4n) is 3.58. The van der Waals surface area contributed by atoms with Crippen molar-refractivity contribution in [2.45, 2.75) is 45.3 Å². The maximum absolute atomic E-state index is 12.3. The predicted molar refractivity (Wildman–Crippen MR) is 111 cm³/mol. The summed E-state index contributed by atoms with van der Waals surface area (Å²) in [6.07, 6.45) is 0.623. The van der Waals surface area contributed by atoms with Gasteiger partial charge in [-0.2, -0.15) is 5.26 Å². The summed E-state index contributed by atoms with van der Waals surface area (Å²) in [6.45, 7) is 6.28. The molecule has 29 heavy (non-hydrogen) atoms. The molecule has 0 N–H and O–H groups in total. The Bertz CT molecular complexity index is 972. The summed E-state index contributed by atoms with van der Waals surface area (Å²) < 4.78 is 31.1. The van der Waals surface area contributed by atoms with Gasteiger partial charge in [-0.15, -0.1) is 0 Å². The highest BCUT2D eigenvalue weighted by Crippen LogP contribution is 2.33. The summed E-state index contributed by atoms with van der Waals surface area (Å²) in [4.78, 5) is 13.9. The number of rotatable bonds is 3.